The van der Waals surface area contributed by atoms with Crippen LogP contribution in [0.15, 0.2) is 4.52 Å². The van der Waals surface area contributed by atoms with E-state index in [4.69, 9.17) is 9.26 Å². The number of nitrogens with one attached hydrogen (secondary N) is 1. The summed E-state index contributed by atoms with van der Waals surface area (Å²) >= 11 is 0. The van der Waals surface area contributed by atoms with Gasteiger partial charge in [0.25, 0.3) is 0 Å². The molecule has 0 aromatic carbocycles. The zero-order valence-electron chi connectivity index (χ0n) is 14.5. The number of amides is 2. The van der Waals surface area contributed by atoms with Gasteiger partial charge < -0.3 is 19.5 Å². The average Bonchev–Trinajstić information content (AvgIpc) is 3.32. The normalized spacial score (nSPS) is 21.0. The van der Waals surface area contributed by atoms with Gasteiger partial charge in [0.05, 0.1) is 12.5 Å². The van der Waals surface area contributed by atoms with E-state index in [0.29, 0.717) is 37.8 Å². The molecule has 1 unspecified atom stereocenters. The number of rotatable bonds is 8. The molecule has 0 bridgehead atoms. The maximum atomic E-state index is 12.1. The number of nitrogens with zero attached hydrogens (tertiary/aromatic N) is 3. The summed E-state index contributed by atoms with van der Waals surface area (Å²) in [4.78, 5) is 18.5. The standard InChI is InChI=1S/C17H28N4O3/c1-2-8-18-17(22)21-9-3-4-14(11-21)16-19-15(20-24-16)7-10-23-12-13-5-6-13/h13-14H,2-12H2,1H3,(H,18,22). The highest BCUT2D eigenvalue weighted by Crippen LogP contribution is 2.29. The molecular formula is C17H28N4O3. The molecule has 2 heterocycles. The minimum Gasteiger partial charge on any atom is -0.381 e. The second-order valence-corrected chi connectivity index (χ2v) is 6.83. The molecule has 2 fully saturated rings. The highest BCUT2D eigenvalue weighted by Gasteiger charge is 2.28. The number of ether oxygens (including phenoxy) is 1. The summed E-state index contributed by atoms with van der Waals surface area (Å²) in [6.45, 7) is 5.71. The molecular weight excluding hydrogens is 308 g/mol. The number of aromatic nitrogens is 2. The number of likely N-dealkylation sites (tertiary alicyclic amines) is 1. The Morgan fingerprint density at radius 1 is 1.42 bits per heavy atom. The van der Waals surface area contributed by atoms with Crippen LogP contribution in [0.25, 0.3) is 0 Å². The van der Waals surface area contributed by atoms with Gasteiger partial charge in [-0.2, -0.15) is 4.98 Å². The van der Waals surface area contributed by atoms with Crippen molar-refractivity contribution in [3.63, 3.8) is 0 Å². The van der Waals surface area contributed by atoms with Crippen molar-refractivity contribution in [2.75, 3.05) is 32.8 Å². The molecule has 1 aromatic heterocycles. The van der Waals surface area contributed by atoms with E-state index < -0.39 is 0 Å². The minimum absolute atomic E-state index is 0.00904. The van der Waals surface area contributed by atoms with Crippen molar-refractivity contribution in [1.29, 1.82) is 0 Å². The van der Waals surface area contributed by atoms with Crippen LogP contribution in [-0.4, -0.2) is 53.9 Å². The molecule has 0 radical (unpaired) electrons. The summed E-state index contributed by atoms with van der Waals surface area (Å²) in [6, 6.07) is 0.00904. The molecule has 3 rings (SSSR count). The number of carbonyl (C=O) groups is 1. The Morgan fingerprint density at radius 2 is 2.29 bits per heavy atom. The summed E-state index contributed by atoms with van der Waals surface area (Å²) in [5.74, 6) is 2.27. The zero-order chi connectivity index (χ0) is 16.8. The van der Waals surface area contributed by atoms with Crippen LogP contribution < -0.4 is 5.32 Å². The SMILES string of the molecule is CCCNC(=O)N1CCCC(c2nc(CCOCC3CC3)no2)C1. The van der Waals surface area contributed by atoms with Crippen molar-refractivity contribution in [2.45, 2.75) is 51.4 Å². The third kappa shape index (κ3) is 4.93. The number of carbonyl (C=O) groups excluding carboxylic acids is 1. The summed E-state index contributed by atoms with van der Waals surface area (Å²) in [5, 5.41) is 6.99. The molecule has 134 valence electrons. The molecule has 7 heteroatoms. The fraction of sp³-hybridized carbons (Fsp3) is 0.824. The van der Waals surface area contributed by atoms with Gasteiger partial charge >= 0.3 is 6.03 Å². The quantitative estimate of drug-likeness (QED) is 0.737. The summed E-state index contributed by atoms with van der Waals surface area (Å²) in [5.41, 5.74) is 0. The first-order chi connectivity index (χ1) is 11.8. The maximum Gasteiger partial charge on any atom is 0.317 e. The highest BCUT2D eigenvalue weighted by molar-refractivity contribution is 5.74. The van der Waals surface area contributed by atoms with Crippen LogP contribution >= 0.6 is 0 Å². The fourth-order valence-corrected chi connectivity index (χ4v) is 2.94. The summed E-state index contributed by atoms with van der Waals surface area (Å²) in [6.07, 6.45) is 6.18. The highest BCUT2D eigenvalue weighted by atomic mass is 16.5. The minimum atomic E-state index is 0.00904. The van der Waals surface area contributed by atoms with Crippen molar-refractivity contribution in [3.8, 4) is 0 Å². The predicted octanol–water partition coefficient (Wildman–Crippen LogP) is 2.34. The van der Waals surface area contributed by atoms with Crippen LogP contribution in [0.4, 0.5) is 4.79 Å². The molecule has 1 N–H and O–H groups in total. The lowest BCUT2D eigenvalue weighted by Gasteiger charge is -2.31. The van der Waals surface area contributed by atoms with Crippen LogP contribution in [0.2, 0.25) is 0 Å². The lowest BCUT2D eigenvalue weighted by Crippen LogP contribution is -2.45. The van der Waals surface area contributed by atoms with E-state index in [-0.39, 0.29) is 11.9 Å². The van der Waals surface area contributed by atoms with Gasteiger partial charge in [-0.25, -0.2) is 4.79 Å². The van der Waals surface area contributed by atoms with Gasteiger partial charge in [-0.05, 0) is 38.0 Å². The molecule has 24 heavy (non-hydrogen) atoms. The number of hydrogen-bond donors (Lipinski definition) is 1. The smallest absolute Gasteiger partial charge is 0.317 e. The maximum absolute atomic E-state index is 12.1. The third-order valence-electron chi connectivity index (χ3n) is 4.59. The molecule has 2 aliphatic rings. The molecule has 1 aliphatic heterocycles. The van der Waals surface area contributed by atoms with E-state index in [0.717, 1.165) is 38.3 Å². The van der Waals surface area contributed by atoms with Crippen LogP contribution in [0.1, 0.15) is 56.7 Å². The van der Waals surface area contributed by atoms with Crippen molar-refractivity contribution in [1.82, 2.24) is 20.4 Å². The van der Waals surface area contributed by atoms with Gasteiger partial charge in [0.2, 0.25) is 5.89 Å². The molecule has 0 spiro atoms. The summed E-state index contributed by atoms with van der Waals surface area (Å²) in [7, 11) is 0. The molecule has 7 nitrogen and oxygen atoms in total. The number of hydrogen-bond acceptors (Lipinski definition) is 5. The predicted molar refractivity (Wildman–Crippen MR) is 88.8 cm³/mol. The third-order valence-corrected chi connectivity index (χ3v) is 4.59. The second kappa shape index (κ2) is 8.46. The van der Waals surface area contributed by atoms with E-state index in [1.165, 1.54) is 12.8 Å². The second-order valence-electron chi connectivity index (χ2n) is 6.83. The van der Waals surface area contributed by atoms with Gasteiger partial charge in [-0.3, -0.25) is 0 Å². The Kier molecular flexibility index (Phi) is 6.07. The molecule has 2 amide bonds. The van der Waals surface area contributed by atoms with Crippen LogP contribution in [0.5, 0.6) is 0 Å². The van der Waals surface area contributed by atoms with Gasteiger partial charge in [-0.1, -0.05) is 12.1 Å². The molecule has 1 atom stereocenters. The Balaban J connectivity index is 1.45. The fourth-order valence-electron chi connectivity index (χ4n) is 2.94. The Morgan fingerprint density at radius 3 is 3.08 bits per heavy atom. The zero-order valence-corrected chi connectivity index (χ0v) is 14.5. The number of urea groups is 1. The summed E-state index contributed by atoms with van der Waals surface area (Å²) < 4.78 is 11.0. The van der Waals surface area contributed by atoms with Gasteiger partial charge in [0.15, 0.2) is 5.82 Å². The first-order valence-corrected chi connectivity index (χ1v) is 9.19. The Hall–Kier alpha value is -1.63. The molecule has 1 aliphatic carbocycles. The van der Waals surface area contributed by atoms with Crippen LogP contribution in [0, 0.1) is 5.92 Å². The monoisotopic (exact) mass is 336 g/mol. The lowest BCUT2D eigenvalue weighted by molar-refractivity contribution is 0.125. The molecule has 1 saturated carbocycles. The Bertz CT molecular complexity index is 530. The first kappa shape index (κ1) is 17.2. The van der Waals surface area contributed by atoms with E-state index in [1.807, 2.05) is 11.8 Å². The largest absolute Gasteiger partial charge is 0.381 e. The van der Waals surface area contributed by atoms with E-state index >= 15 is 0 Å². The lowest BCUT2D eigenvalue weighted by atomic mass is 9.98. The van der Waals surface area contributed by atoms with E-state index in [9.17, 15) is 4.79 Å². The van der Waals surface area contributed by atoms with Crippen molar-refractivity contribution in [3.05, 3.63) is 11.7 Å². The van der Waals surface area contributed by atoms with Gasteiger partial charge in [0.1, 0.15) is 0 Å². The van der Waals surface area contributed by atoms with Crippen LogP contribution in [-0.2, 0) is 11.2 Å². The van der Waals surface area contributed by atoms with Crippen molar-refractivity contribution >= 4 is 6.03 Å². The number of piperidine rings is 1. The Labute approximate surface area is 143 Å². The first-order valence-electron chi connectivity index (χ1n) is 9.19. The van der Waals surface area contributed by atoms with Crippen LogP contribution in [0.3, 0.4) is 0 Å². The topological polar surface area (TPSA) is 80.5 Å². The van der Waals surface area contributed by atoms with Gasteiger partial charge in [0, 0.05) is 32.7 Å². The molecule has 1 aromatic rings. The van der Waals surface area contributed by atoms with Crippen molar-refractivity contribution in [2.24, 2.45) is 5.92 Å². The van der Waals surface area contributed by atoms with Gasteiger partial charge in [-0.15, -0.1) is 0 Å². The van der Waals surface area contributed by atoms with E-state index in [1.54, 1.807) is 0 Å². The van der Waals surface area contributed by atoms with Crippen molar-refractivity contribution < 1.29 is 14.1 Å². The average molecular weight is 336 g/mol. The van der Waals surface area contributed by atoms with E-state index in [2.05, 4.69) is 15.5 Å². The molecule has 1 saturated heterocycles.